The number of nitrogens with one attached hydrogen (secondary N) is 2. The van der Waals surface area contributed by atoms with E-state index >= 15 is 0 Å². The minimum absolute atomic E-state index is 0.499. The summed E-state index contributed by atoms with van der Waals surface area (Å²) >= 11 is 0. The molecule has 1 aliphatic carbocycles. The Morgan fingerprint density at radius 1 is 1.32 bits per heavy atom. The normalized spacial score (nSPS) is 26.8. The maximum Gasteiger partial charge on any atom is 0.137 e. The first-order chi connectivity index (χ1) is 12.3. The number of hydrogen-bond acceptors (Lipinski definition) is 5. The summed E-state index contributed by atoms with van der Waals surface area (Å²) in [6.07, 6.45) is 9.55. The molecule has 1 aliphatic heterocycles. The van der Waals surface area contributed by atoms with Crippen molar-refractivity contribution in [2.75, 3.05) is 19.8 Å². The number of imidazole rings is 1. The molecule has 0 amide bonds. The molecule has 0 radical (unpaired) electrons. The maximum atomic E-state index is 5.66. The molecule has 2 N–H and O–H groups in total. The topological polar surface area (TPSA) is 64.0 Å². The van der Waals surface area contributed by atoms with Crippen molar-refractivity contribution >= 4 is 0 Å². The van der Waals surface area contributed by atoms with Gasteiger partial charge in [0.1, 0.15) is 11.6 Å². The highest BCUT2D eigenvalue weighted by Crippen LogP contribution is 2.29. The van der Waals surface area contributed by atoms with Crippen LogP contribution in [0.3, 0.4) is 0 Å². The van der Waals surface area contributed by atoms with Gasteiger partial charge in [-0.25, -0.2) is 9.97 Å². The smallest absolute Gasteiger partial charge is 0.137 e. The average Bonchev–Trinajstić information content (AvgIpc) is 3.30. The summed E-state index contributed by atoms with van der Waals surface area (Å²) in [4.78, 5) is 8.84. The quantitative estimate of drug-likeness (QED) is 0.869. The number of morpholine rings is 1. The number of rotatable bonds is 5. The second-order valence-corrected chi connectivity index (χ2v) is 7.09. The van der Waals surface area contributed by atoms with Gasteiger partial charge in [0.25, 0.3) is 0 Å². The molecule has 1 saturated carbocycles. The Hall–Kier alpha value is -1.76. The first kappa shape index (κ1) is 16.7. The zero-order valence-electron chi connectivity index (χ0n) is 14.8. The summed E-state index contributed by atoms with van der Waals surface area (Å²) in [6, 6.07) is 5.28. The van der Waals surface area contributed by atoms with E-state index in [2.05, 4.69) is 32.7 Å². The molecule has 2 fully saturated rings. The molecule has 2 aromatic rings. The second kappa shape index (κ2) is 7.64. The molecule has 0 aromatic carbocycles. The molecule has 1 saturated heterocycles. The van der Waals surface area contributed by atoms with Gasteiger partial charge in [-0.05, 0) is 37.3 Å². The van der Waals surface area contributed by atoms with Gasteiger partial charge >= 0.3 is 0 Å². The third kappa shape index (κ3) is 3.76. The molecule has 25 heavy (non-hydrogen) atoms. The van der Waals surface area contributed by atoms with Crippen molar-refractivity contribution in [3.63, 3.8) is 0 Å². The predicted molar refractivity (Wildman–Crippen MR) is 96.7 cm³/mol. The monoisotopic (exact) mass is 341 g/mol. The van der Waals surface area contributed by atoms with E-state index in [0.29, 0.717) is 18.0 Å². The van der Waals surface area contributed by atoms with E-state index < -0.39 is 0 Å². The van der Waals surface area contributed by atoms with Crippen LogP contribution < -0.4 is 10.6 Å². The minimum atomic E-state index is 0.499. The van der Waals surface area contributed by atoms with Crippen LogP contribution in [0.4, 0.5) is 0 Å². The van der Waals surface area contributed by atoms with Crippen LogP contribution in [-0.2, 0) is 11.3 Å². The summed E-state index contributed by atoms with van der Waals surface area (Å²) in [6.45, 7) is 5.53. The summed E-state index contributed by atoms with van der Waals surface area (Å²) in [5.41, 5.74) is 1.22. The summed E-state index contributed by atoms with van der Waals surface area (Å²) < 4.78 is 7.66. The summed E-state index contributed by atoms with van der Waals surface area (Å²) in [5, 5.41) is 7.39. The molecule has 0 bridgehead atoms. The molecule has 6 heteroatoms. The van der Waals surface area contributed by atoms with Crippen molar-refractivity contribution in [2.24, 2.45) is 5.92 Å². The maximum absolute atomic E-state index is 5.66. The predicted octanol–water partition coefficient (Wildman–Crippen LogP) is 1.82. The van der Waals surface area contributed by atoms with Crippen LogP contribution in [0.5, 0.6) is 0 Å². The van der Waals surface area contributed by atoms with Crippen LogP contribution in [0.2, 0.25) is 0 Å². The van der Waals surface area contributed by atoms with Gasteiger partial charge in [-0.1, -0.05) is 12.5 Å². The molecule has 2 aromatic heterocycles. The highest BCUT2D eigenvalue weighted by molar-refractivity contribution is 5.27. The second-order valence-electron chi connectivity index (χ2n) is 7.09. The zero-order chi connectivity index (χ0) is 17.1. The molecular formula is C19H27N5O. The molecular weight excluding hydrogens is 314 g/mol. The first-order valence-electron chi connectivity index (χ1n) is 9.31. The molecule has 3 heterocycles. The third-order valence-electron chi connectivity index (χ3n) is 5.49. The van der Waals surface area contributed by atoms with Crippen LogP contribution in [-0.4, -0.2) is 46.4 Å². The van der Waals surface area contributed by atoms with Crippen molar-refractivity contribution in [1.82, 2.24) is 25.2 Å². The van der Waals surface area contributed by atoms with E-state index in [1.54, 1.807) is 6.20 Å². The number of ether oxygens (including phenoxy) is 1. The van der Waals surface area contributed by atoms with E-state index in [9.17, 15) is 0 Å². The van der Waals surface area contributed by atoms with Gasteiger partial charge in [0, 0.05) is 43.8 Å². The summed E-state index contributed by atoms with van der Waals surface area (Å²) in [5.74, 6) is 2.54. The Balaban J connectivity index is 1.35. The Morgan fingerprint density at radius 3 is 3.00 bits per heavy atom. The highest BCUT2D eigenvalue weighted by Gasteiger charge is 2.34. The molecule has 6 nitrogen and oxygen atoms in total. The Labute approximate surface area is 149 Å². The largest absolute Gasteiger partial charge is 0.379 e. The Bertz CT molecular complexity index is 677. The fourth-order valence-electron chi connectivity index (χ4n) is 4.12. The van der Waals surface area contributed by atoms with Crippen LogP contribution >= 0.6 is 0 Å². The third-order valence-corrected chi connectivity index (χ3v) is 5.49. The number of aryl methyl sites for hydroxylation is 1. The SMILES string of the molecule is Cc1nccn1-c1ccc(CNC2CCCC2C2COCCN2)cn1. The molecule has 134 valence electrons. The van der Waals surface area contributed by atoms with Gasteiger partial charge in [-0.15, -0.1) is 0 Å². The molecule has 0 spiro atoms. The van der Waals surface area contributed by atoms with Crippen molar-refractivity contribution in [3.8, 4) is 5.82 Å². The Kier molecular flexibility index (Phi) is 5.10. The fraction of sp³-hybridized carbons (Fsp3) is 0.579. The van der Waals surface area contributed by atoms with E-state index in [1.807, 2.05) is 23.9 Å². The van der Waals surface area contributed by atoms with Crippen molar-refractivity contribution in [1.29, 1.82) is 0 Å². The van der Waals surface area contributed by atoms with E-state index in [1.165, 1.54) is 24.8 Å². The van der Waals surface area contributed by atoms with Crippen LogP contribution in [0.15, 0.2) is 30.7 Å². The van der Waals surface area contributed by atoms with Crippen molar-refractivity contribution in [2.45, 2.75) is 44.8 Å². The van der Waals surface area contributed by atoms with E-state index in [0.717, 1.165) is 37.9 Å². The Morgan fingerprint density at radius 2 is 2.28 bits per heavy atom. The summed E-state index contributed by atoms with van der Waals surface area (Å²) in [7, 11) is 0. The molecule has 4 rings (SSSR count). The van der Waals surface area contributed by atoms with Gasteiger partial charge in [-0.3, -0.25) is 4.57 Å². The fourth-order valence-corrected chi connectivity index (χ4v) is 4.12. The lowest BCUT2D eigenvalue weighted by Crippen LogP contribution is -2.50. The van der Waals surface area contributed by atoms with Gasteiger partial charge in [0.15, 0.2) is 0 Å². The van der Waals surface area contributed by atoms with Crippen LogP contribution in [0.1, 0.15) is 30.7 Å². The van der Waals surface area contributed by atoms with Crippen LogP contribution in [0, 0.1) is 12.8 Å². The lowest BCUT2D eigenvalue weighted by atomic mass is 9.94. The van der Waals surface area contributed by atoms with Gasteiger partial charge in [0.2, 0.25) is 0 Å². The lowest BCUT2D eigenvalue weighted by molar-refractivity contribution is 0.0524. The van der Waals surface area contributed by atoms with Gasteiger partial charge in [-0.2, -0.15) is 0 Å². The highest BCUT2D eigenvalue weighted by atomic mass is 16.5. The molecule has 3 unspecified atom stereocenters. The molecule has 2 aliphatic rings. The first-order valence-corrected chi connectivity index (χ1v) is 9.31. The number of nitrogens with zero attached hydrogens (tertiary/aromatic N) is 3. The number of aromatic nitrogens is 3. The number of hydrogen-bond donors (Lipinski definition) is 2. The van der Waals surface area contributed by atoms with Crippen molar-refractivity contribution in [3.05, 3.63) is 42.1 Å². The van der Waals surface area contributed by atoms with E-state index in [4.69, 9.17) is 4.74 Å². The molecule has 3 atom stereocenters. The standard InChI is InChI=1S/C19H27N5O/c1-14-20-7-9-24(14)19-6-5-15(12-23-19)11-22-17-4-2-3-16(17)18-13-25-10-8-21-18/h5-7,9,12,16-18,21-22H,2-4,8,10-11,13H2,1H3. The van der Waals surface area contributed by atoms with Crippen molar-refractivity contribution < 1.29 is 4.74 Å². The van der Waals surface area contributed by atoms with Gasteiger partial charge < -0.3 is 15.4 Å². The number of pyridine rings is 1. The van der Waals surface area contributed by atoms with E-state index in [-0.39, 0.29) is 0 Å². The minimum Gasteiger partial charge on any atom is -0.379 e. The zero-order valence-corrected chi connectivity index (χ0v) is 14.8. The van der Waals surface area contributed by atoms with Crippen LogP contribution in [0.25, 0.3) is 5.82 Å². The average molecular weight is 341 g/mol. The lowest BCUT2D eigenvalue weighted by Gasteiger charge is -2.33. The van der Waals surface area contributed by atoms with Gasteiger partial charge in [0.05, 0.1) is 13.2 Å².